The second-order valence-corrected chi connectivity index (χ2v) is 7.73. The summed E-state index contributed by atoms with van der Waals surface area (Å²) >= 11 is 3.47. The lowest BCUT2D eigenvalue weighted by Crippen LogP contribution is -3.00. The maximum atomic E-state index is 10.5. The van der Waals surface area contributed by atoms with Crippen LogP contribution >= 0.6 is 22.7 Å². The highest BCUT2D eigenvalue weighted by molar-refractivity contribution is 7.08. The zero-order valence-corrected chi connectivity index (χ0v) is 17.1. The second-order valence-electron chi connectivity index (χ2n) is 6.17. The molecule has 0 aliphatic heterocycles. The van der Waals surface area contributed by atoms with Gasteiger partial charge in [0.05, 0.1) is 6.54 Å². The van der Waals surface area contributed by atoms with E-state index >= 15 is 0 Å². The largest absolute Gasteiger partial charge is 1.00 e. The van der Waals surface area contributed by atoms with E-state index in [4.69, 9.17) is 0 Å². The van der Waals surface area contributed by atoms with Crippen LogP contribution in [-0.4, -0.2) is 17.7 Å². The Balaban J connectivity index is 0.00000243. The molecule has 3 aromatic rings. The molecule has 2 unspecified atom stereocenters. The van der Waals surface area contributed by atoms with E-state index in [9.17, 15) is 5.11 Å². The molecule has 0 saturated heterocycles. The molecule has 0 radical (unpaired) electrons. The van der Waals surface area contributed by atoms with Crippen LogP contribution in [0.5, 0.6) is 0 Å². The first-order valence-corrected chi connectivity index (χ1v) is 10.5. The third-order valence-electron chi connectivity index (χ3n) is 4.36. The molecule has 0 amide bonds. The Morgan fingerprint density at radius 3 is 2.19 bits per heavy atom. The summed E-state index contributed by atoms with van der Waals surface area (Å²) in [5, 5.41) is 21.3. The lowest BCUT2D eigenvalue weighted by atomic mass is 10.0. The zero-order valence-electron chi connectivity index (χ0n) is 14.7. The van der Waals surface area contributed by atoms with Crippen molar-refractivity contribution in [3.63, 3.8) is 0 Å². The molecule has 0 aliphatic rings. The van der Waals surface area contributed by atoms with E-state index in [0.717, 1.165) is 18.5 Å². The van der Waals surface area contributed by atoms with Crippen molar-refractivity contribution in [3.8, 4) is 0 Å². The Labute approximate surface area is 169 Å². The summed E-state index contributed by atoms with van der Waals surface area (Å²) < 4.78 is 0. The molecule has 0 fully saturated rings. The van der Waals surface area contributed by atoms with Crippen molar-refractivity contribution in [3.05, 3.63) is 86.8 Å². The smallest absolute Gasteiger partial charge is 0.130 e. The monoisotopic (exact) mass is 405 g/mol. The number of rotatable bonds is 8. The van der Waals surface area contributed by atoms with Gasteiger partial charge in [-0.2, -0.15) is 22.7 Å². The van der Waals surface area contributed by atoms with E-state index in [1.807, 2.05) is 30.3 Å². The fraction of sp³-hybridized carbons (Fsp3) is 0.238. The number of quaternary nitrogens is 1. The second kappa shape index (κ2) is 10.7. The van der Waals surface area contributed by atoms with Crippen molar-refractivity contribution in [1.82, 2.24) is 0 Å². The molecular formula is C21H24ClNOS2. The summed E-state index contributed by atoms with van der Waals surface area (Å²) in [7, 11) is 0. The molecule has 2 aromatic heterocycles. The molecule has 0 aliphatic carbocycles. The number of thiophene rings is 2. The zero-order chi connectivity index (χ0) is 17.5. The molecule has 26 heavy (non-hydrogen) atoms. The van der Waals surface area contributed by atoms with Crippen LogP contribution < -0.4 is 17.7 Å². The fourth-order valence-corrected chi connectivity index (χ4v) is 4.22. The first kappa shape index (κ1) is 20.9. The highest BCUT2D eigenvalue weighted by Gasteiger charge is 2.18. The number of hydrogen-bond donors (Lipinski definition) is 2. The number of aliphatic hydroxyl groups excluding tert-OH is 1. The van der Waals surface area contributed by atoms with Crippen molar-refractivity contribution < 1.29 is 22.8 Å². The Morgan fingerprint density at radius 1 is 1.04 bits per heavy atom. The van der Waals surface area contributed by atoms with E-state index in [2.05, 4.69) is 52.0 Å². The minimum atomic E-state index is -0.432. The van der Waals surface area contributed by atoms with Gasteiger partial charge < -0.3 is 22.8 Å². The van der Waals surface area contributed by atoms with Gasteiger partial charge in [0.25, 0.3) is 0 Å². The molecule has 3 rings (SSSR count). The summed E-state index contributed by atoms with van der Waals surface area (Å²) in [5.41, 5.74) is 4.88. The molecule has 2 nitrogen and oxygen atoms in total. The average Bonchev–Trinajstić information content (AvgIpc) is 3.36. The van der Waals surface area contributed by atoms with Crippen LogP contribution in [0.25, 0.3) is 5.57 Å². The van der Waals surface area contributed by atoms with Gasteiger partial charge in [-0.25, -0.2) is 0 Å². The molecule has 1 aromatic carbocycles. The predicted octanol–water partition coefficient (Wildman–Crippen LogP) is 1.32. The minimum absolute atomic E-state index is 0. The topological polar surface area (TPSA) is 36.8 Å². The maximum absolute atomic E-state index is 10.5. The number of hydrogen-bond acceptors (Lipinski definition) is 3. The third-order valence-corrected chi connectivity index (χ3v) is 5.72. The van der Waals surface area contributed by atoms with Crippen LogP contribution in [0, 0.1) is 0 Å². The van der Waals surface area contributed by atoms with Crippen LogP contribution in [0.4, 0.5) is 0 Å². The fourth-order valence-electron chi connectivity index (χ4n) is 2.91. The van der Waals surface area contributed by atoms with Crippen LogP contribution in [-0.2, 0) is 0 Å². The van der Waals surface area contributed by atoms with Gasteiger partial charge in [0.2, 0.25) is 0 Å². The standard InChI is InChI=1S/C21H23NOS2.ClH/c1-16(21(23)17-6-3-2-4-7-17)22-11-5-8-20(18-9-12-24-14-18)19-10-13-25-15-19;/h2-4,6-10,12-16,21-23H,5,11H2,1H3;1H. The summed E-state index contributed by atoms with van der Waals surface area (Å²) in [5.74, 6) is 0. The molecule has 5 heteroatoms. The maximum Gasteiger partial charge on any atom is 0.130 e. The van der Waals surface area contributed by atoms with Gasteiger partial charge in [0.15, 0.2) is 0 Å². The molecule has 0 saturated carbocycles. The van der Waals surface area contributed by atoms with E-state index in [1.165, 1.54) is 16.7 Å². The lowest BCUT2D eigenvalue weighted by Gasteiger charge is -2.17. The molecule has 2 atom stereocenters. The van der Waals surface area contributed by atoms with Crippen molar-refractivity contribution in [2.24, 2.45) is 0 Å². The van der Waals surface area contributed by atoms with Crippen molar-refractivity contribution in [2.75, 3.05) is 6.54 Å². The van der Waals surface area contributed by atoms with E-state index in [-0.39, 0.29) is 18.4 Å². The van der Waals surface area contributed by atoms with Gasteiger partial charge in [-0.15, -0.1) is 0 Å². The normalized spacial score (nSPS) is 12.8. The Kier molecular flexibility index (Phi) is 8.55. The van der Waals surface area contributed by atoms with Gasteiger partial charge in [0.1, 0.15) is 12.1 Å². The van der Waals surface area contributed by atoms with Gasteiger partial charge in [-0.3, -0.25) is 0 Å². The number of nitrogens with two attached hydrogens (primary N) is 1. The Morgan fingerprint density at radius 2 is 1.65 bits per heavy atom. The number of aliphatic hydroxyl groups is 1. The van der Waals surface area contributed by atoms with E-state index in [0.29, 0.717) is 0 Å². The van der Waals surface area contributed by atoms with E-state index < -0.39 is 6.10 Å². The summed E-state index contributed by atoms with van der Waals surface area (Å²) in [4.78, 5) is 0. The molecule has 138 valence electrons. The SMILES string of the molecule is CC([NH2+]CCC=C(c1ccsc1)c1ccsc1)C(O)c1ccccc1.[Cl-]. The summed E-state index contributed by atoms with van der Waals surface area (Å²) in [6.45, 7) is 3.04. The summed E-state index contributed by atoms with van der Waals surface area (Å²) in [6, 6.07) is 14.4. The Bertz CT molecular complexity index is 733. The first-order valence-electron chi connectivity index (χ1n) is 8.57. The minimum Gasteiger partial charge on any atom is -1.00 e. The highest BCUT2D eigenvalue weighted by atomic mass is 35.5. The predicted molar refractivity (Wildman–Crippen MR) is 108 cm³/mol. The van der Waals surface area contributed by atoms with E-state index in [1.54, 1.807) is 22.7 Å². The van der Waals surface area contributed by atoms with Gasteiger partial charge >= 0.3 is 0 Å². The van der Waals surface area contributed by atoms with Gasteiger partial charge in [0, 0.05) is 6.42 Å². The van der Waals surface area contributed by atoms with Crippen molar-refractivity contribution in [1.29, 1.82) is 0 Å². The molecule has 2 heterocycles. The van der Waals surface area contributed by atoms with Crippen LogP contribution in [0.1, 0.15) is 36.1 Å². The number of benzene rings is 1. The van der Waals surface area contributed by atoms with Crippen LogP contribution in [0.2, 0.25) is 0 Å². The van der Waals surface area contributed by atoms with Crippen molar-refractivity contribution >= 4 is 28.2 Å². The molecule has 0 spiro atoms. The molecule has 3 N–H and O–H groups in total. The van der Waals surface area contributed by atoms with Crippen LogP contribution in [0.15, 0.2) is 70.1 Å². The van der Waals surface area contributed by atoms with Crippen LogP contribution in [0.3, 0.4) is 0 Å². The van der Waals surface area contributed by atoms with Crippen molar-refractivity contribution in [2.45, 2.75) is 25.5 Å². The number of halogens is 1. The first-order chi connectivity index (χ1) is 12.3. The van der Waals surface area contributed by atoms with Gasteiger partial charge in [-0.05, 0) is 62.8 Å². The molecule has 0 bridgehead atoms. The summed E-state index contributed by atoms with van der Waals surface area (Å²) in [6.07, 6.45) is 2.87. The highest BCUT2D eigenvalue weighted by Crippen LogP contribution is 2.27. The average molecular weight is 406 g/mol. The lowest BCUT2D eigenvalue weighted by molar-refractivity contribution is -0.693. The third kappa shape index (κ3) is 5.53. The molecular weight excluding hydrogens is 382 g/mol. The Hall–Kier alpha value is -1.43. The quantitative estimate of drug-likeness (QED) is 0.545. The van der Waals surface area contributed by atoms with Gasteiger partial charge in [-0.1, -0.05) is 36.4 Å².